The van der Waals surface area contributed by atoms with Crippen molar-refractivity contribution in [3.8, 4) is 16.9 Å². The second-order valence-electron chi connectivity index (χ2n) is 6.55. The molecule has 4 rings (SSSR count). The first-order chi connectivity index (χ1) is 14.7. The molecular formula is C23H18FN5O. The van der Waals surface area contributed by atoms with Gasteiger partial charge in [0, 0.05) is 29.7 Å². The highest BCUT2D eigenvalue weighted by Gasteiger charge is 2.11. The number of hydrazone groups is 1. The number of halogens is 1. The fraction of sp³-hybridized carbons (Fsp3) is 0.0435. The molecule has 0 unspecified atom stereocenters. The van der Waals surface area contributed by atoms with E-state index in [2.05, 4.69) is 20.6 Å². The first-order valence-electron chi connectivity index (χ1n) is 9.31. The van der Waals surface area contributed by atoms with E-state index in [-0.39, 0.29) is 18.1 Å². The van der Waals surface area contributed by atoms with Crippen molar-refractivity contribution in [3.63, 3.8) is 0 Å². The third-order valence-electron chi connectivity index (χ3n) is 4.37. The third-order valence-corrected chi connectivity index (χ3v) is 4.37. The first-order valence-corrected chi connectivity index (χ1v) is 9.31. The fourth-order valence-electron chi connectivity index (χ4n) is 2.92. The van der Waals surface area contributed by atoms with Crippen LogP contribution >= 0.6 is 0 Å². The van der Waals surface area contributed by atoms with Crippen molar-refractivity contribution < 1.29 is 9.18 Å². The standard InChI is InChI=1S/C23H18FN5O/c24-20-10-8-17(9-11-20)13-22(30)27-26-15-19-16-29(21-6-2-1-3-7-21)28-23(19)18-5-4-12-25-14-18/h1-12,14-16H,13H2,(H,27,30)/b26-15-. The molecule has 4 aromatic rings. The number of amides is 1. The van der Waals surface area contributed by atoms with Crippen LogP contribution in [-0.4, -0.2) is 26.9 Å². The van der Waals surface area contributed by atoms with Gasteiger partial charge in [0.2, 0.25) is 5.91 Å². The van der Waals surface area contributed by atoms with Gasteiger partial charge in [-0.1, -0.05) is 30.3 Å². The zero-order chi connectivity index (χ0) is 20.8. The van der Waals surface area contributed by atoms with E-state index in [1.54, 1.807) is 35.4 Å². The van der Waals surface area contributed by atoms with Crippen LogP contribution in [0.25, 0.3) is 16.9 Å². The van der Waals surface area contributed by atoms with Crippen molar-refractivity contribution in [1.29, 1.82) is 0 Å². The van der Waals surface area contributed by atoms with Gasteiger partial charge in [-0.15, -0.1) is 0 Å². The van der Waals surface area contributed by atoms with Gasteiger partial charge < -0.3 is 0 Å². The van der Waals surface area contributed by atoms with Crippen LogP contribution in [-0.2, 0) is 11.2 Å². The summed E-state index contributed by atoms with van der Waals surface area (Å²) in [4.78, 5) is 16.3. The lowest BCUT2D eigenvalue weighted by Gasteiger charge is -2.00. The van der Waals surface area contributed by atoms with Crippen molar-refractivity contribution in [2.75, 3.05) is 0 Å². The monoisotopic (exact) mass is 399 g/mol. The maximum Gasteiger partial charge on any atom is 0.244 e. The molecule has 30 heavy (non-hydrogen) atoms. The predicted octanol–water partition coefficient (Wildman–Crippen LogP) is 3.77. The van der Waals surface area contributed by atoms with E-state index >= 15 is 0 Å². The lowest BCUT2D eigenvalue weighted by Crippen LogP contribution is -2.19. The Hall–Kier alpha value is -4.13. The van der Waals surface area contributed by atoms with Crippen LogP contribution in [0.15, 0.2) is 90.4 Å². The molecule has 2 aromatic carbocycles. The van der Waals surface area contributed by atoms with Crippen molar-refractivity contribution in [2.24, 2.45) is 5.10 Å². The second kappa shape index (κ2) is 8.91. The number of hydrogen-bond donors (Lipinski definition) is 1. The molecule has 0 radical (unpaired) electrons. The Morgan fingerprint density at radius 3 is 2.60 bits per heavy atom. The van der Waals surface area contributed by atoms with Crippen LogP contribution in [0.1, 0.15) is 11.1 Å². The Balaban J connectivity index is 1.54. The molecule has 0 bridgehead atoms. The summed E-state index contributed by atoms with van der Waals surface area (Å²) in [6.07, 6.45) is 6.92. The van der Waals surface area contributed by atoms with Crippen LogP contribution < -0.4 is 5.43 Å². The summed E-state index contributed by atoms with van der Waals surface area (Å²) in [5, 5.41) is 8.74. The number of benzene rings is 2. The van der Waals surface area contributed by atoms with Crippen LogP contribution in [0.2, 0.25) is 0 Å². The van der Waals surface area contributed by atoms with Crippen molar-refractivity contribution in [1.82, 2.24) is 20.2 Å². The highest BCUT2D eigenvalue weighted by Crippen LogP contribution is 2.21. The maximum absolute atomic E-state index is 13.0. The number of nitrogens with zero attached hydrogens (tertiary/aromatic N) is 4. The molecule has 0 saturated heterocycles. The Kier molecular flexibility index (Phi) is 5.70. The number of aromatic nitrogens is 3. The summed E-state index contributed by atoms with van der Waals surface area (Å²) in [6, 6.07) is 19.2. The summed E-state index contributed by atoms with van der Waals surface area (Å²) >= 11 is 0. The van der Waals surface area contributed by atoms with Gasteiger partial charge in [0.15, 0.2) is 0 Å². The molecule has 0 spiro atoms. The molecule has 2 aromatic heterocycles. The van der Waals surface area contributed by atoms with Crippen molar-refractivity contribution >= 4 is 12.1 Å². The molecule has 0 aliphatic carbocycles. The number of pyridine rings is 1. The van der Waals surface area contributed by atoms with E-state index in [4.69, 9.17) is 0 Å². The first kappa shape index (κ1) is 19.2. The van der Waals surface area contributed by atoms with Gasteiger partial charge in [-0.25, -0.2) is 14.5 Å². The van der Waals surface area contributed by atoms with E-state index in [1.807, 2.05) is 48.7 Å². The number of nitrogens with one attached hydrogen (secondary N) is 1. The van der Waals surface area contributed by atoms with Gasteiger partial charge in [0.1, 0.15) is 11.5 Å². The SMILES string of the molecule is O=C(Cc1ccc(F)cc1)N/N=C\c1cn(-c2ccccc2)nc1-c1cccnc1. The van der Waals surface area contributed by atoms with Crippen LogP contribution in [0.3, 0.4) is 0 Å². The molecule has 2 heterocycles. The van der Waals surface area contributed by atoms with E-state index in [0.717, 1.165) is 16.8 Å². The molecule has 0 fully saturated rings. The van der Waals surface area contributed by atoms with Crippen molar-refractivity contribution in [2.45, 2.75) is 6.42 Å². The smallest absolute Gasteiger partial charge is 0.244 e. The number of hydrogen-bond acceptors (Lipinski definition) is 4. The number of carbonyl (C=O) groups excluding carboxylic acids is 1. The molecule has 7 heteroatoms. The molecule has 0 aliphatic heterocycles. The molecule has 1 amide bonds. The average Bonchev–Trinajstić information content (AvgIpc) is 3.21. The number of carbonyl (C=O) groups is 1. The Bertz CT molecular complexity index is 1160. The van der Waals surface area contributed by atoms with Gasteiger partial charge in [-0.2, -0.15) is 10.2 Å². The second-order valence-corrected chi connectivity index (χ2v) is 6.55. The van der Waals surface area contributed by atoms with Crippen molar-refractivity contribution in [3.05, 3.63) is 102 Å². The average molecular weight is 399 g/mol. The van der Waals surface area contributed by atoms with Crippen LogP contribution in [0.5, 0.6) is 0 Å². The van der Waals surface area contributed by atoms with Crippen LogP contribution in [0.4, 0.5) is 4.39 Å². The maximum atomic E-state index is 13.0. The largest absolute Gasteiger partial charge is 0.273 e. The van der Waals surface area contributed by atoms with Gasteiger partial charge >= 0.3 is 0 Å². The Morgan fingerprint density at radius 2 is 1.87 bits per heavy atom. The highest BCUT2D eigenvalue weighted by molar-refractivity contribution is 5.89. The number of rotatable bonds is 6. The fourth-order valence-corrected chi connectivity index (χ4v) is 2.92. The quantitative estimate of drug-likeness (QED) is 0.396. The molecule has 148 valence electrons. The molecule has 0 atom stereocenters. The lowest BCUT2D eigenvalue weighted by atomic mass is 10.1. The molecular weight excluding hydrogens is 381 g/mol. The minimum Gasteiger partial charge on any atom is -0.273 e. The van der Waals surface area contributed by atoms with E-state index < -0.39 is 0 Å². The number of para-hydroxylation sites is 1. The Labute approximate surface area is 172 Å². The Morgan fingerprint density at radius 1 is 1.07 bits per heavy atom. The topological polar surface area (TPSA) is 72.2 Å². The summed E-state index contributed by atoms with van der Waals surface area (Å²) in [5.41, 5.74) is 6.38. The van der Waals surface area contributed by atoms with E-state index in [1.165, 1.54) is 12.1 Å². The van der Waals surface area contributed by atoms with Crippen LogP contribution in [0, 0.1) is 5.82 Å². The lowest BCUT2D eigenvalue weighted by molar-refractivity contribution is -0.120. The summed E-state index contributed by atoms with van der Waals surface area (Å²) in [5.74, 6) is -0.633. The van der Waals surface area contributed by atoms with E-state index in [9.17, 15) is 9.18 Å². The van der Waals surface area contributed by atoms with Gasteiger partial charge in [0.05, 0.1) is 18.3 Å². The van der Waals surface area contributed by atoms with E-state index in [0.29, 0.717) is 11.3 Å². The molecule has 0 aliphatic rings. The van der Waals surface area contributed by atoms with Gasteiger partial charge in [-0.05, 0) is 42.0 Å². The zero-order valence-electron chi connectivity index (χ0n) is 15.9. The minimum atomic E-state index is -0.337. The highest BCUT2D eigenvalue weighted by atomic mass is 19.1. The summed E-state index contributed by atoms with van der Waals surface area (Å²) in [6.45, 7) is 0. The molecule has 1 N–H and O–H groups in total. The predicted molar refractivity (Wildman–Crippen MR) is 113 cm³/mol. The third kappa shape index (κ3) is 4.64. The van der Waals surface area contributed by atoms with Gasteiger partial charge in [0.25, 0.3) is 0 Å². The molecule has 6 nitrogen and oxygen atoms in total. The normalized spacial score (nSPS) is 11.0. The summed E-state index contributed by atoms with van der Waals surface area (Å²) in [7, 11) is 0. The minimum absolute atomic E-state index is 0.107. The zero-order valence-corrected chi connectivity index (χ0v) is 15.9. The summed E-state index contributed by atoms with van der Waals surface area (Å²) < 4.78 is 14.7. The molecule has 0 saturated carbocycles. The van der Waals surface area contributed by atoms with Gasteiger partial charge in [-0.3, -0.25) is 9.78 Å².